The van der Waals surface area contributed by atoms with E-state index in [4.69, 9.17) is 0 Å². The van der Waals surface area contributed by atoms with E-state index in [0.717, 1.165) is 0 Å². The van der Waals surface area contributed by atoms with Gasteiger partial charge in [-0.1, -0.05) is 0 Å². The number of nitro groups is 3. The molecule has 2 saturated heterocycles. The summed E-state index contributed by atoms with van der Waals surface area (Å²) in [4.78, 5) is 62.2. The van der Waals surface area contributed by atoms with Crippen molar-refractivity contribution in [2.45, 2.75) is 5.54 Å². The van der Waals surface area contributed by atoms with Crippen molar-refractivity contribution in [1.29, 1.82) is 0 Å². The molecule has 2 aromatic rings. The maximum absolute atomic E-state index is 13.0. The monoisotopic (exact) mass is 470 g/mol. The molecule has 0 N–H and O–H groups in total. The van der Waals surface area contributed by atoms with Crippen LogP contribution in [0.25, 0.3) is 0 Å². The van der Waals surface area contributed by atoms with Gasteiger partial charge in [0.2, 0.25) is 0 Å². The highest BCUT2D eigenvalue weighted by molar-refractivity contribution is 5.95. The van der Waals surface area contributed by atoms with Crippen molar-refractivity contribution in [2.24, 2.45) is 0 Å². The zero-order valence-corrected chi connectivity index (χ0v) is 17.6. The van der Waals surface area contributed by atoms with Gasteiger partial charge in [0.25, 0.3) is 28.7 Å². The lowest BCUT2D eigenvalue weighted by Gasteiger charge is -2.49. The average molecular weight is 470 g/mol. The quantitative estimate of drug-likeness (QED) is 0.461. The van der Waals surface area contributed by atoms with Crippen molar-refractivity contribution < 1.29 is 24.4 Å². The summed E-state index contributed by atoms with van der Waals surface area (Å²) in [7, 11) is 0. The molecule has 0 aliphatic carbocycles. The van der Waals surface area contributed by atoms with Gasteiger partial charge in [0.15, 0.2) is 0 Å². The Bertz CT molecular complexity index is 1100. The molecule has 2 heterocycles. The second-order valence-electron chi connectivity index (χ2n) is 8.21. The number of nitrogens with zero attached hydrogens (tertiary/aromatic N) is 6. The largest absolute Gasteiger partial charge is 0.318 e. The van der Waals surface area contributed by atoms with Crippen LogP contribution in [0.5, 0.6) is 0 Å². The van der Waals surface area contributed by atoms with Crippen molar-refractivity contribution in [3.63, 3.8) is 0 Å². The molecule has 0 unspecified atom stereocenters. The minimum Gasteiger partial charge on any atom is -0.318 e. The minimum absolute atomic E-state index is 0.0233. The zero-order valence-electron chi connectivity index (χ0n) is 17.6. The van der Waals surface area contributed by atoms with E-state index in [0.29, 0.717) is 0 Å². The number of nitro benzene ring substituents is 2. The molecule has 34 heavy (non-hydrogen) atoms. The molecule has 4 rings (SSSR count). The summed E-state index contributed by atoms with van der Waals surface area (Å²) in [6.07, 6.45) is 0. The third-order valence-corrected chi connectivity index (χ3v) is 5.84. The first-order valence-corrected chi connectivity index (χ1v) is 10.0. The number of carbonyl (C=O) groups excluding carboxylic acids is 2. The molecule has 0 saturated carbocycles. The number of amides is 2. The van der Waals surface area contributed by atoms with Crippen LogP contribution < -0.4 is 0 Å². The predicted octanol–water partition coefficient (Wildman–Crippen LogP) is 1.35. The van der Waals surface area contributed by atoms with E-state index >= 15 is 0 Å². The molecule has 2 aliphatic heterocycles. The van der Waals surface area contributed by atoms with Crippen molar-refractivity contribution in [1.82, 2.24) is 14.7 Å². The number of benzene rings is 2. The molecule has 2 amide bonds. The number of non-ortho nitro benzene ring substituents is 2. The smallest absolute Gasteiger partial charge is 0.269 e. The molecule has 14 nitrogen and oxygen atoms in total. The third-order valence-electron chi connectivity index (χ3n) is 5.84. The Morgan fingerprint density at radius 3 is 1.38 bits per heavy atom. The van der Waals surface area contributed by atoms with Crippen molar-refractivity contribution in [3.05, 3.63) is 90.0 Å². The maximum Gasteiger partial charge on any atom is 0.269 e. The molecular formula is C20H18N6O8. The number of fused-ring (bicyclic) bond motifs is 2. The fourth-order valence-electron chi connectivity index (χ4n) is 4.27. The highest BCUT2D eigenvalue weighted by Gasteiger charge is 2.55. The van der Waals surface area contributed by atoms with Crippen molar-refractivity contribution >= 4 is 23.2 Å². The Kier molecular flexibility index (Phi) is 5.66. The van der Waals surface area contributed by atoms with E-state index in [1.165, 1.54) is 58.3 Å². The molecule has 2 aliphatic rings. The maximum atomic E-state index is 13.0. The van der Waals surface area contributed by atoms with E-state index in [2.05, 4.69) is 0 Å². The average Bonchev–Trinajstić information content (AvgIpc) is 2.82. The molecule has 2 fully saturated rings. The first kappa shape index (κ1) is 22.7. The first-order valence-electron chi connectivity index (χ1n) is 10.0. The van der Waals surface area contributed by atoms with Gasteiger partial charge < -0.3 is 9.80 Å². The van der Waals surface area contributed by atoms with Gasteiger partial charge in [-0.15, -0.1) is 0 Å². The Morgan fingerprint density at radius 2 is 1.06 bits per heavy atom. The van der Waals surface area contributed by atoms with E-state index in [9.17, 15) is 39.9 Å². The summed E-state index contributed by atoms with van der Waals surface area (Å²) in [5.74, 6) is -1.03. The number of hydrogen-bond donors (Lipinski definition) is 0. The Hall–Kier alpha value is -4.46. The van der Waals surface area contributed by atoms with E-state index < -0.39 is 32.1 Å². The zero-order chi connectivity index (χ0) is 24.6. The topological polar surface area (TPSA) is 173 Å². The number of rotatable bonds is 5. The van der Waals surface area contributed by atoms with Crippen LogP contribution in [0.4, 0.5) is 11.4 Å². The Labute approximate surface area is 191 Å². The van der Waals surface area contributed by atoms with Gasteiger partial charge in [-0.2, -0.15) is 0 Å². The van der Waals surface area contributed by atoms with Gasteiger partial charge in [-0.25, -0.2) is 0 Å². The van der Waals surface area contributed by atoms with E-state index in [1.807, 2.05) is 0 Å². The van der Waals surface area contributed by atoms with Crippen LogP contribution in [0.2, 0.25) is 0 Å². The number of hydrogen-bond acceptors (Lipinski definition) is 9. The van der Waals surface area contributed by atoms with E-state index in [-0.39, 0.29) is 55.5 Å². The second kappa shape index (κ2) is 8.47. The molecule has 0 atom stereocenters. The molecule has 0 spiro atoms. The fraction of sp³-hybridized carbons (Fsp3) is 0.300. The van der Waals surface area contributed by atoms with Gasteiger partial charge in [-0.05, 0) is 24.3 Å². The van der Waals surface area contributed by atoms with Crippen molar-refractivity contribution in [2.75, 3.05) is 33.0 Å². The van der Waals surface area contributed by atoms with E-state index in [1.54, 1.807) is 4.90 Å². The SMILES string of the molecule is O=C(c1ccc([N+](=O)[O-])cc1)N1CN2CN(C(=O)c3ccc([N+](=O)[O-])cc3)CC([N+](=O)[O-])(C2)C1. The molecule has 14 heteroatoms. The predicted molar refractivity (Wildman–Crippen MR) is 114 cm³/mol. The van der Waals surface area contributed by atoms with Crippen LogP contribution in [0.3, 0.4) is 0 Å². The highest BCUT2D eigenvalue weighted by Crippen LogP contribution is 2.29. The summed E-state index contributed by atoms with van der Waals surface area (Å²) < 4.78 is 0. The lowest BCUT2D eigenvalue weighted by atomic mass is 9.93. The molecule has 0 radical (unpaired) electrons. The third kappa shape index (κ3) is 4.13. The normalized spacial score (nSPS) is 21.6. The van der Waals surface area contributed by atoms with Crippen LogP contribution >= 0.6 is 0 Å². The second-order valence-corrected chi connectivity index (χ2v) is 8.21. The Balaban J connectivity index is 1.54. The van der Waals surface area contributed by atoms with Crippen LogP contribution in [-0.4, -0.2) is 79.8 Å². The Morgan fingerprint density at radius 1 is 0.676 bits per heavy atom. The van der Waals surface area contributed by atoms with Crippen LogP contribution in [0.15, 0.2) is 48.5 Å². The summed E-state index contributed by atoms with van der Waals surface area (Å²) in [5, 5.41) is 33.8. The summed E-state index contributed by atoms with van der Waals surface area (Å²) in [6, 6.07) is 9.93. The summed E-state index contributed by atoms with van der Waals surface area (Å²) in [5.41, 5.74) is -1.69. The summed E-state index contributed by atoms with van der Waals surface area (Å²) >= 11 is 0. The molecule has 2 aromatic carbocycles. The lowest BCUT2D eigenvalue weighted by molar-refractivity contribution is -0.578. The van der Waals surface area contributed by atoms with Gasteiger partial charge in [-0.3, -0.25) is 44.8 Å². The fourth-order valence-corrected chi connectivity index (χ4v) is 4.27. The molecular weight excluding hydrogens is 452 g/mol. The van der Waals surface area contributed by atoms with Crippen LogP contribution in [-0.2, 0) is 0 Å². The first-order chi connectivity index (χ1) is 16.1. The standard InChI is InChI=1S/C20H18N6O8/c27-18(14-1-5-16(6-2-14)24(29)30)22-10-20(26(33)34)9-21(12-22)13-23(11-20)19(28)15-3-7-17(8-4-15)25(31)32/h1-8H,9-13H2. The van der Waals surface area contributed by atoms with Gasteiger partial charge in [0.1, 0.15) is 0 Å². The van der Waals surface area contributed by atoms with Gasteiger partial charge in [0.05, 0.1) is 42.8 Å². The van der Waals surface area contributed by atoms with Gasteiger partial charge in [0, 0.05) is 40.3 Å². The van der Waals surface area contributed by atoms with Crippen LogP contribution in [0.1, 0.15) is 20.7 Å². The molecule has 176 valence electrons. The lowest BCUT2D eigenvalue weighted by Crippen LogP contribution is -2.73. The van der Waals surface area contributed by atoms with Gasteiger partial charge >= 0.3 is 0 Å². The minimum atomic E-state index is -1.64. The van der Waals surface area contributed by atoms with Crippen molar-refractivity contribution in [3.8, 4) is 0 Å². The molecule has 0 aromatic heterocycles. The molecule has 2 bridgehead atoms. The summed E-state index contributed by atoms with van der Waals surface area (Å²) in [6.45, 7) is -0.425. The van der Waals surface area contributed by atoms with Crippen LogP contribution in [0, 0.1) is 30.3 Å². The number of carbonyl (C=O) groups is 2. The highest BCUT2D eigenvalue weighted by atomic mass is 16.6.